The molecule has 3 aromatic rings. The summed E-state index contributed by atoms with van der Waals surface area (Å²) in [4.78, 5) is 21.0. The van der Waals surface area contributed by atoms with Crippen LogP contribution in [-0.4, -0.2) is 21.1 Å². The van der Waals surface area contributed by atoms with E-state index in [-0.39, 0.29) is 6.61 Å². The molecule has 0 aliphatic heterocycles. The van der Waals surface area contributed by atoms with Gasteiger partial charge in [-0.3, -0.25) is 0 Å². The van der Waals surface area contributed by atoms with Gasteiger partial charge in [0.2, 0.25) is 0 Å². The first-order valence-electron chi connectivity index (χ1n) is 6.87. The van der Waals surface area contributed by atoms with E-state index in [4.69, 9.17) is 9.26 Å². The number of hydrogen-bond acceptors (Lipinski definition) is 6. The summed E-state index contributed by atoms with van der Waals surface area (Å²) in [5.41, 5.74) is 4.33. The molecule has 0 radical (unpaired) electrons. The summed E-state index contributed by atoms with van der Waals surface area (Å²) >= 11 is 0. The number of rotatable bonds is 3. The van der Waals surface area contributed by atoms with Crippen molar-refractivity contribution in [1.82, 2.24) is 15.1 Å². The maximum Gasteiger partial charge on any atom is 0.338 e. The van der Waals surface area contributed by atoms with Crippen LogP contribution in [0.1, 0.15) is 33.2 Å². The molecule has 0 aliphatic rings. The number of fused-ring (bicyclic) bond motifs is 1. The van der Waals surface area contributed by atoms with E-state index in [9.17, 15) is 4.79 Å². The second kappa shape index (κ2) is 5.55. The Hall–Kier alpha value is -2.76. The van der Waals surface area contributed by atoms with Crippen LogP contribution < -0.4 is 0 Å². The lowest BCUT2D eigenvalue weighted by atomic mass is 10.2. The molecule has 0 atom stereocenters. The average molecular weight is 297 g/mol. The smallest absolute Gasteiger partial charge is 0.338 e. The van der Waals surface area contributed by atoms with E-state index in [1.807, 2.05) is 13.8 Å². The van der Waals surface area contributed by atoms with Crippen molar-refractivity contribution in [3.05, 3.63) is 52.7 Å². The Balaban J connectivity index is 1.80. The Morgan fingerprint density at radius 2 is 1.82 bits per heavy atom. The van der Waals surface area contributed by atoms with Gasteiger partial charge < -0.3 is 9.26 Å². The van der Waals surface area contributed by atoms with E-state index in [0.29, 0.717) is 16.8 Å². The molecule has 3 rings (SSSR count). The van der Waals surface area contributed by atoms with Crippen molar-refractivity contribution in [2.24, 2.45) is 0 Å². The third kappa shape index (κ3) is 2.81. The highest BCUT2D eigenvalue weighted by molar-refractivity contribution is 5.93. The van der Waals surface area contributed by atoms with E-state index < -0.39 is 5.97 Å². The summed E-state index contributed by atoms with van der Waals surface area (Å²) in [6.45, 7) is 5.65. The van der Waals surface area contributed by atoms with Gasteiger partial charge in [-0.1, -0.05) is 5.16 Å². The number of hydrogen-bond donors (Lipinski definition) is 0. The second-order valence-electron chi connectivity index (χ2n) is 5.11. The zero-order valence-electron chi connectivity index (χ0n) is 12.6. The van der Waals surface area contributed by atoms with Crippen LogP contribution in [0.4, 0.5) is 0 Å². The van der Waals surface area contributed by atoms with E-state index >= 15 is 0 Å². The number of esters is 1. The molecule has 0 spiro atoms. The lowest BCUT2D eigenvalue weighted by molar-refractivity contribution is 0.0437. The fourth-order valence-electron chi connectivity index (χ4n) is 2.06. The van der Waals surface area contributed by atoms with Crippen LogP contribution in [0.2, 0.25) is 0 Å². The number of ether oxygens (including phenoxy) is 1. The van der Waals surface area contributed by atoms with Crippen LogP contribution in [0.15, 0.2) is 28.8 Å². The lowest BCUT2D eigenvalue weighted by Gasteiger charge is -2.05. The molecule has 112 valence electrons. The summed E-state index contributed by atoms with van der Waals surface area (Å²) < 4.78 is 10.2. The molecule has 22 heavy (non-hydrogen) atoms. The van der Waals surface area contributed by atoms with E-state index in [1.165, 1.54) is 0 Å². The topological polar surface area (TPSA) is 78.1 Å². The molecule has 0 saturated heterocycles. The highest BCUT2D eigenvalue weighted by atomic mass is 16.5. The van der Waals surface area contributed by atoms with Gasteiger partial charge in [0.25, 0.3) is 0 Å². The molecule has 6 nitrogen and oxygen atoms in total. The largest absolute Gasteiger partial charge is 0.454 e. The van der Waals surface area contributed by atoms with E-state index in [2.05, 4.69) is 15.1 Å². The number of aromatic nitrogens is 3. The average Bonchev–Trinajstić information content (AvgIpc) is 2.91. The lowest BCUT2D eigenvalue weighted by Crippen LogP contribution is -2.05. The number of nitrogens with zero attached hydrogens (tertiary/aromatic N) is 3. The van der Waals surface area contributed by atoms with Crippen LogP contribution in [0.5, 0.6) is 0 Å². The standard InChI is InChI=1S/C16H15N3O3/c1-9-6-13(22-19-9)8-21-16(20)12-4-5-14-15(7-12)18-11(3)10(2)17-14/h4-7H,8H2,1-3H3. The third-order valence-electron chi connectivity index (χ3n) is 3.33. The maximum absolute atomic E-state index is 12.1. The number of aryl methyl sites for hydroxylation is 3. The monoisotopic (exact) mass is 297 g/mol. The highest BCUT2D eigenvalue weighted by Gasteiger charge is 2.11. The number of benzene rings is 1. The first-order valence-corrected chi connectivity index (χ1v) is 6.87. The van der Waals surface area contributed by atoms with Gasteiger partial charge in [0.05, 0.1) is 33.7 Å². The molecular weight excluding hydrogens is 282 g/mol. The molecular formula is C16H15N3O3. The van der Waals surface area contributed by atoms with E-state index in [0.717, 1.165) is 22.6 Å². The van der Waals surface area contributed by atoms with Crippen LogP contribution in [0.25, 0.3) is 11.0 Å². The first-order chi connectivity index (χ1) is 10.5. The second-order valence-corrected chi connectivity index (χ2v) is 5.11. The molecule has 2 aromatic heterocycles. The van der Waals surface area contributed by atoms with Gasteiger partial charge in [0.15, 0.2) is 12.4 Å². The van der Waals surface area contributed by atoms with Crippen molar-refractivity contribution in [3.8, 4) is 0 Å². The molecule has 0 fully saturated rings. The third-order valence-corrected chi connectivity index (χ3v) is 3.33. The van der Waals surface area contributed by atoms with Gasteiger partial charge in [-0.25, -0.2) is 14.8 Å². The molecule has 2 heterocycles. The summed E-state index contributed by atoms with van der Waals surface area (Å²) in [6.07, 6.45) is 0. The minimum atomic E-state index is -0.434. The van der Waals surface area contributed by atoms with Crippen LogP contribution in [-0.2, 0) is 11.3 Å². The van der Waals surface area contributed by atoms with Gasteiger partial charge >= 0.3 is 5.97 Å². The Morgan fingerprint density at radius 1 is 1.09 bits per heavy atom. The van der Waals surface area contributed by atoms with Crippen molar-refractivity contribution in [3.63, 3.8) is 0 Å². The minimum Gasteiger partial charge on any atom is -0.454 e. The van der Waals surface area contributed by atoms with Crippen molar-refractivity contribution < 1.29 is 14.1 Å². The molecule has 0 aliphatic carbocycles. The molecule has 0 amide bonds. The van der Waals surface area contributed by atoms with Crippen molar-refractivity contribution >= 4 is 17.0 Å². The molecule has 6 heteroatoms. The summed E-state index contributed by atoms with van der Waals surface area (Å²) in [5, 5.41) is 3.74. The highest BCUT2D eigenvalue weighted by Crippen LogP contribution is 2.16. The molecule has 0 N–H and O–H groups in total. The maximum atomic E-state index is 12.1. The van der Waals surface area contributed by atoms with Gasteiger partial charge in [-0.15, -0.1) is 0 Å². The van der Waals surface area contributed by atoms with Crippen LogP contribution in [0, 0.1) is 20.8 Å². The quantitative estimate of drug-likeness (QED) is 0.692. The van der Waals surface area contributed by atoms with Gasteiger partial charge in [0.1, 0.15) is 0 Å². The minimum absolute atomic E-state index is 0.0519. The van der Waals surface area contributed by atoms with Crippen molar-refractivity contribution in [2.75, 3.05) is 0 Å². The zero-order valence-corrected chi connectivity index (χ0v) is 12.6. The Bertz CT molecular complexity index is 855. The predicted molar refractivity (Wildman–Crippen MR) is 79.4 cm³/mol. The molecule has 0 saturated carbocycles. The fraction of sp³-hybridized carbons (Fsp3) is 0.250. The Kier molecular flexibility index (Phi) is 3.58. The van der Waals surface area contributed by atoms with Gasteiger partial charge in [-0.2, -0.15) is 0 Å². The first kappa shape index (κ1) is 14.2. The SMILES string of the molecule is Cc1cc(COC(=O)c2ccc3nc(C)c(C)nc3c2)on1. The van der Waals surface area contributed by atoms with Gasteiger partial charge in [0, 0.05) is 6.07 Å². The number of carbonyl (C=O) groups excluding carboxylic acids is 1. The summed E-state index contributed by atoms with van der Waals surface area (Å²) in [6, 6.07) is 6.86. The zero-order chi connectivity index (χ0) is 15.7. The molecule has 0 unspecified atom stereocenters. The van der Waals surface area contributed by atoms with Gasteiger partial charge in [-0.05, 0) is 39.0 Å². The number of carbonyl (C=O) groups is 1. The van der Waals surface area contributed by atoms with Crippen LogP contribution >= 0.6 is 0 Å². The summed E-state index contributed by atoms with van der Waals surface area (Å²) in [7, 11) is 0. The molecule has 1 aromatic carbocycles. The summed E-state index contributed by atoms with van der Waals surface area (Å²) in [5.74, 6) is 0.0777. The fourth-order valence-corrected chi connectivity index (χ4v) is 2.06. The Morgan fingerprint density at radius 3 is 2.50 bits per heavy atom. The van der Waals surface area contributed by atoms with Crippen molar-refractivity contribution in [2.45, 2.75) is 27.4 Å². The van der Waals surface area contributed by atoms with Crippen LogP contribution in [0.3, 0.4) is 0 Å². The normalized spacial score (nSPS) is 10.9. The van der Waals surface area contributed by atoms with E-state index in [1.54, 1.807) is 31.2 Å². The molecule has 0 bridgehead atoms. The predicted octanol–water partition coefficient (Wildman–Crippen LogP) is 2.90. The van der Waals surface area contributed by atoms with Crippen molar-refractivity contribution in [1.29, 1.82) is 0 Å². The Labute approximate surface area is 127 Å².